The molecular weight excluding hydrogens is 300 g/mol. The van der Waals surface area contributed by atoms with E-state index in [0.717, 1.165) is 6.42 Å². The Morgan fingerprint density at radius 3 is 2.50 bits per heavy atom. The van der Waals surface area contributed by atoms with Gasteiger partial charge in [-0.15, -0.1) is 11.3 Å². The minimum absolute atomic E-state index is 0.0241. The molecule has 1 aromatic rings. The van der Waals surface area contributed by atoms with E-state index in [1.165, 1.54) is 21.1 Å². The highest BCUT2D eigenvalue weighted by Crippen LogP contribution is 2.22. The third kappa shape index (κ3) is 3.37. The largest absolute Gasteiger partial charge is 0.332 e. The summed E-state index contributed by atoms with van der Waals surface area (Å²) < 4.78 is 0.531. The van der Waals surface area contributed by atoms with Crippen LogP contribution in [0.25, 0.3) is 0 Å². The third-order valence-corrected chi connectivity index (χ3v) is 4.31. The minimum Gasteiger partial charge on any atom is -0.332 e. The van der Waals surface area contributed by atoms with Crippen LogP contribution in [-0.4, -0.2) is 53.6 Å². The summed E-state index contributed by atoms with van der Waals surface area (Å²) in [5.74, 6) is -0.482. The number of carbonyl (C=O) groups excluding carboxylic acids is 3. The van der Waals surface area contributed by atoms with E-state index in [2.05, 4.69) is 0 Å². The van der Waals surface area contributed by atoms with Gasteiger partial charge in [-0.1, -0.05) is 18.5 Å². The van der Waals surface area contributed by atoms with Crippen molar-refractivity contribution in [1.82, 2.24) is 9.80 Å². The zero-order valence-corrected chi connectivity index (χ0v) is 12.7. The Kier molecular flexibility index (Phi) is 4.77. The van der Waals surface area contributed by atoms with E-state index >= 15 is 0 Å². The molecule has 0 aliphatic carbocycles. The monoisotopic (exact) mass is 314 g/mol. The second-order valence-corrected chi connectivity index (χ2v) is 6.31. The van der Waals surface area contributed by atoms with Crippen molar-refractivity contribution >= 4 is 40.5 Å². The molecule has 0 spiro atoms. The van der Waals surface area contributed by atoms with Gasteiger partial charge in [0, 0.05) is 6.54 Å². The first-order valence-corrected chi connectivity index (χ1v) is 7.54. The van der Waals surface area contributed by atoms with Gasteiger partial charge in [0.15, 0.2) is 5.78 Å². The van der Waals surface area contributed by atoms with E-state index in [0.29, 0.717) is 15.8 Å². The van der Waals surface area contributed by atoms with E-state index in [1.807, 2.05) is 6.92 Å². The number of amides is 2. The Morgan fingerprint density at radius 1 is 1.25 bits per heavy atom. The molecule has 0 atom stereocenters. The van der Waals surface area contributed by atoms with E-state index in [9.17, 15) is 14.4 Å². The van der Waals surface area contributed by atoms with Gasteiger partial charge in [0.1, 0.15) is 6.54 Å². The van der Waals surface area contributed by atoms with Gasteiger partial charge in [-0.25, -0.2) is 0 Å². The predicted molar refractivity (Wildman–Crippen MR) is 77.1 cm³/mol. The molecule has 2 rings (SSSR count). The molecule has 1 saturated heterocycles. The van der Waals surface area contributed by atoms with Crippen LogP contribution >= 0.6 is 22.9 Å². The van der Waals surface area contributed by atoms with E-state index < -0.39 is 0 Å². The third-order valence-electron chi connectivity index (χ3n) is 3.03. The molecule has 108 valence electrons. The first kappa shape index (κ1) is 15.0. The van der Waals surface area contributed by atoms with Crippen molar-refractivity contribution < 1.29 is 14.4 Å². The molecule has 0 bridgehead atoms. The normalized spacial score (nSPS) is 15.9. The molecule has 5 nitrogen and oxygen atoms in total. The average molecular weight is 315 g/mol. The van der Waals surface area contributed by atoms with Crippen molar-refractivity contribution in [1.29, 1.82) is 0 Å². The second kappa shape index (κ2) is 6.37. The van der Waals surface area contributed by atoms with Crippen molar-refractivity contribution in [3.63, 3.8) is 0 Å². The maximum absolute atomic E-state index is 12.0. The minimum atomic E-state index is -0.188. The van der Waals surface area contributed by atoms with E-state index in [-0.39, 0.29) is 37.2 Å². The number of rotatable bonds is 5. The summed E-state index contributed by atoms with van der Waals surface area (Å²) >= 11 is 6.96. The maximum Gasteiger partial charge on any atom is 0.243 e. The Labute approximate surface area is 126 Å². The summed E-state index contributed by atoms with van der Waals surface area (Å²) in [4.78, 5) is 39.2. The number of Topliss-reactive ketones (excluding diaryl/α,β-unsaturated/α-hetero) is 1. The highest BCUT2D eigenvalue weighted by Gasteiger charge is 2.30. The van der Waals surface area contributed by atoms with Crippen LogP contribution in [0.15, 0.2) is 12.1 Å². The summed E-state index contributed by atoms with van der Waals surface area (Å²) in [5, 5.41) is 0. The lowest BCUT2D eigenvalue weighted by Gasteiger charge is -2.33. The van der Waals surface area contributed by atoms with Gasteiger partial charge in [0.2, 0.25) is 11.8 Å². The number of piperazine rings is 1. The molecule has 0 unspecified atom stereocenters. The number of carbonyl (C=O) groups is 3. The van der Waals surface area contributed by atoms with Gasteiger partial charge < -0.3 is 9.80 Å². The van der Waals surface area contributed by atoms with Gasteiger partial charge in [0.25, 0.3) is 0 Å². The van der Waals surface area contributed by atoms with Crippen LogP contribution in [0.4, 0.5) is 0 Å². The van der Waals surface area contributed by atoms with Crippen LogP contribution in [0, 0.1) is 0 Å². The molecule has 0 N–H and O–H groups in total. The summed E-state index contributed by atoms with van der Waals surface area (Å²) in [6.07, 6.45) is 0.811. The van der Waals surface area contributed by atoms with Crippen molar-refractivity contribution in [3.05, 3.63) is 21.3 Å². The van der Waals surface area contributed by atoms with Gasteiger partial charge in [-0.2, -0.15) is 0 Å². The predicted octanol–water partition coefficient (Wildman–Crippen LogP) is 1.66. The molecule has 0 saturated carbocycles. The molecule has 7 heteroatoms. The number of thiophene rings is 1. The quantitative estimate of drug-likeness (QED) is 0.777. The number of halogens is 1. The fraction of sp³-hybridized carbons (Fsp3) is 0.462. The summed E-state index contributed by atoms with van der Waals surface area (Å²) in [5.41, 5.74) is 0. The Hall–Kier alpha value is -1.40. The smallest absolute Gasteiger partial charge is 0.243 e. The number of ketones is 1. The number of hydrogen-bond donors (Lipinski definition) is 0. The first-order valence-electron chi connectivity index (χ1n) is 6.35. The number of hydrogen-bond acceptors (Lipinski definition) is 4. The van der Waals surface area contributed by atoms with E-state index in [1.54, 1.807) is 12.1 Å². The van der Waals surface area contributed by atoms with Gasteiger partial charge in [-0.3, -0.25) is 14.4 Å². The first-order chi connectivity index (χ1) is 9.51. The lowest BCUT2D eigenvalue weighted by Crippen LogP contribution is -2.54. The molecule has 1 fully saturated rings. The Bertz CT molecular complexity index is 543. The summed E-state index contributed by atoms with van der Waals surface area (Å²) in [6.45, 7) is 2.50. The highest BCUT2D eigenvalue weighted by atomic mass is 35.5. The van der Waals surface area contributed by atoms with Gasteiger partial charge >= 0.3 is 0 Å². The van der Waals surface area contributed by atoms with Crippen LogP contribution in [0.1, 0.15) is 23.0 Å². The van der Waals surface area contributed by atoms with Gasteiger partial charge in [-0.05, 0) is 18.6 Å². The molecule has 2 heterocycles. The van der Waals surface area contributed by atoms with Crippen LogP contribution in [-0.2, 0) is 9.59 Å². The van der Waals surface area contributed by atoms with Crippen LogP contribution in [0.2, 0.25) is 4.34 Å². The molecule has 1 aliphatic rings. The molecule has 1 aromatic heterocycles. The van der Waals surface area contributed by atoms with Crippen LogP contribution < -0.4 is 0 Å². The lowest BCUT2D eigenvalue weighted by molar-refractivity contribution is -0.149. The molecule has 0 radical (unpaired) electrons. The lowest BCUT2D eigenvalue weighted by atomic mass is 10.2. The summed E-state index contributed by atoms with van der Waals surface area (Å²) in [6, 6.07) is 3.28. The molecule has 20 heavy (non-hydrogen) atoms. The fourth-order valence-electron chi connectivity index (χ4n) is 2.04. The maximum atomic E-state index is 12.0. The Balaban J connectivity index is 1.98. The van der Waals surface area contributed by atoms with Crippen LogP contribution in [0.5, 0.6) is 0 Å². The van der Waals surface area contributed by atoms with Crippen LogP contribution in [0.3, 0.4) is 0 Å². The molecule has 1 aliphatic heterocycles. The fourth-order valence-corrected chi connectivity index (χ4v) is 3.01. The van der Waals surface area contributed by atoms with Gasteiger partial charge in [0.05, 0.1) is 22.3 Å². The Morgan fingerprint density at radius 2 is 1.90 bits per heavy atom. The molecule has 0 aromatic carbocycles. The van der Waals surface area contributed by atoms with Crippen molar-refractivity contribution in [2.75, 3.05) is 26.2 Å². The van der Waals surface area contributed by atoms with Crippen molar-refractivity contribution in [3.8, 4) is 0 Å². The van der Waals surface area contributed by atoms with Crippen molar-refractivity contribution in [2.45, 2.75) is 13.3 Å². The topological polar surface area (TPSA) is 57.7 Å². The highest BCUT2D eigenvalue weighted by molar-refractivity contribution is 7.18. The SMILES string of the molecule is CCCN1CC(=O)N(CC(=O)c2ccc(Cl)s2)CC1=O. The van der Waals surface area contributed by atoms with Crippen molar-refractivity contribution in [2.24, 2.45) is 0 Å². The molecule has 2 amide bonds. The number of nitrogens with zero attached hydrogens (tertiary/aromatic N) is 2. The standard InChI is InChI=1S/C13H15ClN2O3S/c1-2-5-15-7-13(19)16(8-12(15)18)6-9(17)10-3-4-11(14)20-10/h3-4H,2,5-8H2,1H3. The van der Waals surface area contributed by atoms with E-state index in [4.69, 9.17) is 11.6 Å². The zero-order valence-electron chi connectivity index (χ0n) is 11.1. The molecular formula is C13H15ClN2O3S. The zero-order chi connectivity index (χ0) is 14.7. The summed E-state index contributed by atoms with van der Waals surface area (Å²) in [7, 11) is 0. The second-order valence-electron chi connectivity index (χ2n) is 4.59. The average Bonchev–Trinajstić information content (AvgIpc) is 2.82.